The first-order chi connectivity index (χ1) is 14.4. The minimum absolute atomic E-state index is 0.153. The molecule has 0 bridgehead atoms. The maximum atomic E-state index is 12.9. The molecule has 0 saturated heterocycles. The third-order valence-electron chi connectivity index (χ3n) is 4.25. The average molecular weight is 489 g/mol. The zero-order valence-electron chi connectivity index (χ0n) is 16.5. The van der Waals surface area contributed by atoms with Crippen LogP contribution in [0.4, 0.5) is 10.5 Å². The van der Waals surface area contributed by atoms with Crippen molar-refractivity contribution >= 4 is 56.2 Å². The van der Waals surface area contributed by atoms with Crippen LogP contribution in [0.25, 0.3) is 10.9 Å². The van der Waals surface area contributed by atoms with Gasteiger partial charge in [0, 0.05) is 16.7 Å². The standard InChI is InChI=1S/C21H21BrN4O3S/c1-3-11-26-19(28)16-12-14(22)9-10-17(16)24-21(26)30-13(2)18(27)25-20(29)23-15-7-5-4-6-8-15/h4-10,12-13H,3,11H2,1-2H3,(H2,23,25,27,29). The molecule has 3 amide bonds. The summed E-state index contributed by atoms with van der Waals surface area (Å²) in [5.41, 5.74) is 0.995. The van der Waals surface area contributed by atoms with Crippen molar-refractivity contribution in [2.45, 2.75) is 37.2 Å². The van der Waals surface area contributed by atoms with Crippen LogP contribution in [-0.2, 0) is 11.3 Å². The highest BCUT2D eigenvalue weighted by Gasteiger charge is 2.21. The Bertz CT molecular complexity index is 1130. The summed E-state index contributed by atoms with van der Waals surface area (Å²) >= 11 is 4.53. The third-order valence-corrected chi connectivity index (χ3v) is 5.83. The highest BCUT2D eigenvalue weighted by molar-refractivity contribution is 9.10. The summed E-state index contributed by atoms with van der Waals surface area (Å²) in [6, 6.07) is 13.6. The maximum Gasteiger partial charge on any atom is 0.325 e. The molecule has 3 aromatic rings. The molecule has 0 saturated carbocycles. The Morgan fingerprint density at radius 1 is 1.20 bits per heavy atom. The van der Waals surface area contributed by atoms with Crippen LogP contribution < -0.4 is 16.2 Å². The van der Waals surface area contributed by atoms with Gasteiger partial charge in [0.2, 0.25) is 5.91 Å². The molecule has 9 heteroatoms. The van der Waals surface area contributed by atoms with Gasteiger partial charge in [-0.1, -0.05) is 52.8 Å². The van der Waals surface area contributed by atoms with Gasteiger partial charge in [-0.15, -0.1) is 0 Å². The van der Waals surface area contributed by atoms with Crippen molar-refractivity contribution in [3.8, 4) is 0 Å². The minimum atomic E-state index is -0.630. The topological polar surface area (TPSA) is 93.1 Å². The van der Waals surface area contributed by atoms with Gasteiger partial charge in [0.1, 0.15) is 0 Å². The number of hydrogen-bond donors (Lipinski definition) is 2. The van der Waals surface area contributed by atoms with Crippen LogP contribution in [-0.4, -0.2) is 26.7 Å². The van der Waals surface area contributed by atoms with Gasteiger partial charge in [0.25, 0.3) is 5.56 Å². The molecule has 2 N–H and O–H groups in total. The van der Waals surface area contributed by atoms with Crippen molar-refractivity contribution in [2.24, 2.45) is 0 Å². The van der Waals surface area contributed by atoms with Crippen molar-refractivity contribution in [1.29, 1.82) is 0 Å². The van der Waals surface area contributed by atoms with E-state index in [0.717, 1.165) is 22.7 Å². The predicted molar refractivity (Wildman–Crippen MR) is 123 cm³/mol. The second kappa shape index (κ2) is 9.90. The molecule has 1 atom stereocenters. The number of halogens is 1. The summed E-state index contributed by atoms with van der Waals surface area (Å²) in [5, 5.41) is 5.27. The maximum absolute atomic E-state index is 12.9. The van der Waals surface area contributed by atoms with Crippen molar-refractivity contribution in [3.05, 3.63) is 63.4 Å². The van der Waals surface area contributed by atoms with Gasteiger partial charge in [0.05, 0.1) is 16.2 Å². The number of nitrogens with zero attached hydrogens (tertiary/aromatic N) is 2. The van der Waals surface area contributed by atoms with E-state index in [0.29, 0.717) is 28.3 Å². The number of fused-ring (bicyclic) bond motifs is 1. The van der Waals surface area contributed by atoms with E-state index in [-0.39, 0.29) is 5.56 Å². The van der Waals surface area contributed by atoms with E-state index in [1.807, 2.05) is 19.1 Å². The Morgan fingerprint density at radius 2 is 1.93 bits per heavy atom. The van der Waals surface area contributed by atoms with Crippen LogP contribution in [0.2, 0.25) is 0 Å². The molecule has 0 aliphatic rings. The van der Waals surface area contributed by atoms with Crippen LogP contribution in [0.5, 0.6) is 0 Å². The summed E-state index contributed by atoms with van der Waals surface area (Å²) in [7, 11) is 0. The van der Waals surface area contributed by atoms with Gasteiger partial charge < -0.3 is 5.32 Å². The van der Waals surface area contributed by atoms with Crippen LogP contribution in [0.15, 0.2) is 63.0 Å². The normalized spacial score (nSPS) is 11.8. The fraction of sp³-hybridized carbons (Fsp3) is 0.238. The van der Waals surface area contributed by atoms with E-state index in [4.69, 9.17) is 0 Å². The first-order valence-electron chi connectivity index (χ1n) is 9.42. The Hall–Kier alpha value is -2.65. The lowest BCUT2D eigenvalue weighted by atomic mass is 10.2. The van der Waals surface area contributed by atoms with E-state index >= 15 is 0 Å². The molecular formula is C21H21BrN4O3S. The molecule has 0 fully saturated rings. The Balaban J connectivity index is 1.78. The van der Waals surface area contributed by atoms with Crippen LogP contribution in [0.3, 0.4) is 0 Å². The molecule has 3 rings (SSSR count). The van der Waals surface area contributed by atoms with Crippen molar-refractivity contribution in [2.75, 3.05) is 5.32 Å². The Kier molecular flexibility index (Phi) is 7.28. The third kappa shape index (κ3) is 5.28. The van der Waals surface area contributed by atoms with Gasteiger partial charge in [-0.25, -0.2) is 9.78 Å². The molecule has 156 valence electrons. The molecule has 30 heavy (non-hydrogen) atoms. The highest BCUT2D eigenvalue weighted by Crippen LogP contribution is 2.24. The minimum Gasteiger partial charge on any atom is -0.308 e. The smallest absolute Gasteiger partial charge is 0.308 e. The number of thioether (sulfide) groups is 1. The molecule has 1 unspecified atom stereocenters. The second-order valence-electron chi connectivity index (χ2n) is 6.58. The van der Waals surface area contributed by atoms with Gasteiger partial charge in [-0.05, 0) is 43.7 Å². The van der Waals surface area contributed by atoms with E-state index in [1.165, 1.54) is 0 Å². The summed E-state index contributed by atoms with van der Waals surface area (Å²) < 4.78 is 2.38. The first-order valence-corrected chi connectivity index (χ1v) is 11.1. The van der Waals surface area contributed by atoms with E-state index in [2.05, 4.69) is 31.5 Å². The lowest BCUT2D eigenvalue weighted by Gasteiger charge is -2.16. The van der Waals surface area contributed by atoms with Gasteiger partial charge in [0.15, 0.2) is 5.16 Å². The molecule has 7 nitrogen and oxygen atoms in total. The number of hydrogen-bond acceptors (Lipinski definition) is 5. The molecule has 2 aromatic carbocycles. The van der Waals surface area contributed by atoms with E-state index < -0.39 is 17.2 Å². The number of aromatic nitrogens is 2. The zero-order chi connectivity index (χ0) is 21.7. The summed E-state index contributed by atoms with van der Waals surface area (Å²) in [5.74, 6) is -0.471. The average Bonchev–Trinajstić information content (AvgIpc) is 2.72. The fourth-order valence-corrected chi connectivity index (χ4v) is 4.09. The molecule has 0 radical (unpaired) electrons. The molecule has 0 spiro atoms. The van der Waals surface area contributed by atoms with Crippen LogP contribution in [0, 0.1) is 0 Å². The largest absolute Gasteiger partial charge is 0.325 e. The number of para-hydroxylation sites is 1. The predicted octanol–water partition coefficient (Wildman–Crippen LogP) is 4.40. The van der Waals surface area contributed by atoms with Gasteiger partial charge in [-0.3, -0.25) is 19.5 Å². The molecule has 0 aliphatic carbocycles. The molecule has 0 aliphatic heterocycles. The molecule has 1 heterocycles. The highest BCUT2D eigenvalue weighted by atomic mass is 79.9. The Labute approximate surface area is 186 Å². The number of amides is 3. The lowest BCUT2D eigenvalue weighted by Crippen LogP contribution is -2.39. The zero-order valence-corrected chi connectivity index (χ0v) is 18.9. The number of benzene rings is 2. The van der Waals surface area contributed by atoms with Crippen molar-refractivity contribution < 1.29 is 9.59 Å². The van der Waals surface area contributed by atoms with Gasteiger partial charge >= 0.3 is 6.03 Å². The Morgan fingerprint density at radius 3 is 2.63 bits per heavy atom. The summed E-state index contributed by atoms with van der Waals surface area (Å²) in [6.45, 7) is 4.12. The van der Waals surface area contributed by atoms with Gasteiger partial charge in [-0.2, -0.15) is 0 Å². The number of carbonyl (C=O) groups excluding carboxylic acids is 2. The van der Waals surface area contributed by atoms with Crippen LogP contribution >= 0.6 is 27.7 Å². The number of nitrogens with one attached hydrogen (secondary N) is 2. The second-order valence-corrected chi connectivity index (χ2v) is 8.81. The number of urea groups is 1. The number of carbonyl (C=O) groups is 2. The first kappa shape index (κ1) is 22.0. The monoisotopic (exact) mass is 488 g/mol. The van der Waals surface area contributed by atoms with E-state index in [1.54, 1.807) is 47.9 Å². The van der Waals surface area contributed by atoms with E-state index in [9.17, 15) is 14.4 Å². The van der Waals surface area contributed by atoms with Crippen molar-refractivity contribution in [1.82, 2.24) is 14.9 Å². The summed E-state index contributed by atoms with van der Waals surface area (Å²) in [6.07, 6.45) is 0.745. The SMILES string of the molecule is CCCn1c(SC(C)C(=O)NC(=O)Nc2ccccc2)nc2ccc(Br)cc2c1=O. The lowest BCUT2D eigenvalue weighted by molar-refractivity contribution is -0.119. The van der Waals surface area contributed by atoms with Crippen molar-refractivity contribution in [3.63, 3.8) is 0 Å². The number of anilines is 1. The van der Waals surface area contributed by atoms with Crippen LogP contribution in [0.1, 0.15) is 20.3 Å². The number of rotatable bonds is 6. The summed E-state index contributed by atoms with van der Waals surface area (Å²) in [4.78, 5) is 42.1. The number of imide groups is 1. The quantitative estimate of drug-likeness (QED) is 0.396. The molecular weight excluding hydrogens is 468 g/mol. The fourth-order valence-electron chi connectivity index (χ4n) is 2.79. The molecule has 1 aromatic heterocycles.